The van der Waals surface area contributed by atoms with Gasteiger partial charge in [0.15, 0.2) is 0 Å². The van der Waals surface area contributed by atoms with Gasteiger partial charge >= 0.3 is 139 Å². The van der Waals surface area contributed by atoms with Crippen molar-refractivity contribution in [3.63, 3.8) is 0 Å². The van der Waals surface area contributed by atoms with Crippen LogP contribution in [0.1, 0.15) is 19.3 Å². The molecule has 0 spiro atoms. The van der Waals surface area contributed by atoms with Gasteiger partial charge < -0.3 is 0 Å². The zero-order valence-electron chi connectivity index (χ0n) is 11.6. The summed E-state index contributed by atoms with van der Waals surface area (Å²) in [5.74, 6) is 1.71. The van der Waals surface area contributed by atoms with E-state index in [2.05, 4.69) is 12.4 Å². The summed E-state index contributed by atoms with van der Waals surface area (Å²) < 4.78 is 66.9. The molecule has 0 aliphatic heterocycles. The number of hydrogen-bond acceptors (Lipinski definition) is 4. The Balaban J connectivity index is 2.26. The molecule has 1 aliphatic rings. The number of rotatable bonds is 4. The van der Waals surface area contributed by atoms with E-state index in [9.17, 15) is 26.4 Å². The Labute approximate surface area is 139 Å². The zero-order valence-corrected chi connectivity index (χ0v) is 14.6. The second-order valence-corrected chi connectivity index (χ2v) is 10.5. The van der Waals surface area contributed by atoms with Gasteiger partial charge in [-0.25, -0.2) is 0 Å². The van der Waals surface area contributed by atoms with Gasteiger partial charge in [0.25, 0.3) is 0 Å². The number of ketones is 1. The predicted molar refractivity (Wildman–Crippen MR) is 85.3 cm³/mol. The monoisotopic (exact) mass is 460 g/mol. The minimum atomic E-state index is -5.75. The molecule has 0 heterocycles. The summed E-state index contributed by atoms with van der Waals surface area (Å²) in [6, 6.07) is 7.60. The predicted octanol–water partition coefficient (Wildman–Crippen LogP) is 3.47. The quantitative estimate of drug-likeness (QED) is 0.393. The van der Waals surface area contributed by atoms with E-state index in [1.807, 2.05) is 0 Å². The molecular formula is C14H12F3IO4S. The molecule has 0 N–H and O–H groups in total. The SMILES string of the molecule is O=C(C#CI(OS(=O)(=O)C(F)(F)F)c1ccccc1)C1CCC1. The maximum atomic E-state index is 12.5. The van der Waals surface area contributed by atoms with E-state index in [0.29, 0.717) is 12.8 Å². The Morgan fingerprint density at radius 3 is 2.30 bits per heavy atom. The van der Waals surface area contributed by atoms with Crippen molar-refractivity contribution in [2.45, 2.75) is 24.8 Å². The average molecular weight is 460 g/mol. The maximum absolute atomic E-state index is 12.5. The molecule has 4 nitrogen and oxygen atoms in total. The first-order valence-corrected chi connectivity index (χ1v) is 11.0. The molecule has 2 rings (SSSR count). The van der Waals surface area contributed by atoms with Crippen molar-refractivity contribution >= 4 is 36.1 Å². The molecule has 0 atom stereocenters. The standard InChI is InChI=1S/C14H12F3IO4S/c15-14(16,17)23(20,21)22-18(12-7-2-1-3-8-12)10-9-13(19)11-5-4-6-11/h1-3,7-8,11H,4-6H2. The molecule has 1 aromatic rings. The molecule has 126 valence electrons. The summed E-state index contributed by atoms with van der Waals surface area (Å²) in [5, 5.41) is 0. The molecule has 1 aliphatic carbocycles. The molecule has 1 aromatic carbocycles. The Morgan fingerprint density at radius 1 is 1.22 bits per heavy atom. The van der Waals surface area contributed by atoms with Gasteiger partial charge in [-0.05, 0) is 0 Å². The third-order valence-electron chi connectivity index (χ3n) is 3.09. The van der Waals surface area contributed by atoms with E-state index < -0.39 is 35.9 Å². The number of benzene rings is 1. The molecule has 23 heavy (non-hydrogen) atoms. The fourth-order valence-electron chi connectivity index (χ4n) is 1.62. The van der Waals surface area contributed by atoms with Gasteiger partial charge in [-0.1, -0.05) is 0 Å². The van der Waals surface area contributed by atoms with Gasteiger partial charge in [0, 0.05) is 0 Å². The number of Topliss-reactive ketones (excluding diaryl/α,β-unsaturated/α-hetero) is 1. The van der Waals surface area contributed by atoms with Gasteiger partial charge in [0.1, 0.15) is 0 Å². The van der Waals surface area contributed by atoms with E-state index >= 15 is 0 Å². The Morgan fingerprint density at radius 2 is 1.83 bits per heavy atom. The van der Waals surface area contributed by atoms with Gasteiger partial charge in [-0.15, -0.1) is 0 Å². The van der Waals surface area contributed by atoms with Crippen LogP contribution >= 0.6 is 20.2 Å². The van der Waals surface area contributed by atoms with Crippen molar-refractivity contribution in [1.29, 1.82) is 0 Å². The summed E-state index contributed by atoms with van der Waals surface area (Å²) in [6.07, 6.45) is 2.32. The van der Waals surface area contributed by atoms with Crippen LogP contribution < -0.4 is 0 Å². The first-order valence-electron chi connectivity index (χ1n) is 6.52. The van der Waals surface area contributed by atoms with Crippen molar-refractivity contribution in [2.75, 3.05) is 0 Å². The summed E-state index contributed by atoms with van der Waals surface area (Å²) in [5.41, 5.74) is -5.52. The molecule has 0 aromatic heterocycles. The summed E-state index contributed by atoms with van der Waals surface area (Å²) in [4.78, 5) is 11.7. The fraction of sp³-hybridized carbons (Fsp3) is 0.357. The van der Waals surface area contributed by atoms with E-state index in [4.69, 9.17) is 0 Å². The van der Waals surface area contributed by atoms with Crippen LogP contribution in [-0.4, -0.2) is 19.7 Å². The third-order valence-corrected chi connectivity index (χ3v) is 9.06. The molecule has 0 radical (unpaired) electrons. The van der Waals surface area contributed by atoms with Crippen LogP contribution in [0.3, 0.4) is 0 Å². The van der Waals surface area contributed by atoms with E-state index in [0.717, 1.165) is 6.42 Å². The van der Waals surface area contributed by atoms with E-state index in [1.54, 1.807) is 18.2 Å². The number of carbonyl (C=O) groups is 1. The van der Waals surface area contributed by atoms with E-state index in [1.165, 1.54) is 12.1 Å². The van der Waals surface area contributed by atoms with E-state index in [-0.39, 0.29) is 15.3 Å². The van der Waals surface area contributed by atoms with Crippen LogP contribution in [0.2, 0.25) is 0 Å². The molecule has 9 heteroatoms. The fourth-order valence-corrected chi connectivity index (χ4v) is 6.77. The minimum absolute atomic E-state index is 0.199. The molecule has 0 amide bonds. The molecule has 1 saturated carbocycles. The van der Waals surface area contributed by atoms with Crippen LogP contribution in [0.25, 0.3) is 0 Å². The molecule has 0 unspecified atom stereocenters. The van der Waals surface area contributed by atoms with Crippen LogP contribution in [-0.2, 0) is 17.4 Å². The Bertz CT molecular complexity index is 731. The normalized spacial score (nSPS) is 16.0. The summed E-state index contributed by atoms with van der Waals surface area (Å²) in [6.45, 7) is 0. The van der Waals surface area contributed by atoms with Crippen molar-refractivity contribution in [3.8, 4) is 9.85 Å². The van der Waals surface area contributed by atoms with Gasteiger partial charge in [-0.2, -0.15) is 0 Å². The molecule has 0 saturated heterocycles. The Hall–Kier alpha value is -1.12. The second-order valence-electron chi connectivity index (χ2n) is 4.72. The van der Waals surface area contributed by atoms with Crippen LogP contribution in [0.4, 0.5) is 13.2 Å². The zero-order chi connectivity index (χ0) is 17.1. The Kier molecular flexibility index (Phi) is 5.70. The molecule has 1 fully saturated rings. The topological polar surface area (TPSA) is 60.4 Å². The van der Waals surface area contributed by atoms with Gasteiger partial charge in [0.05, 0.1) is 0 Å². The first kappa shape index (κ1) is 18.2. The van der Waals surface area contributed by atoms with Crippen LogP contribution in [0.15, 0.2) is 30.3 Å². The van der Waals surface area contributed by atoms with Crippen molar-refractivity contribution in [1.82, 2.24) is 0 Å². The summed E-state index contributed by atoms with van der Waals surface area (Å²) >= 11 is -3.50. The van der Waals surface area contributed by atoms with Crippen molar-refractivity contribution < 1.29 is 28.9 Å². The molecule has 0 bridgehead atoms. The number of hydrogen-bond donors (Lipinski definition) is 0. The van der Waals surface area contributed by atoms with Gasteiger partial charge in [-0.3, -0.25) is 0 Å². The van der Waals surface area contributed by atoms with Crippen molar-refractivity contribution in [3.05, 3.63) is 33.9 Å². The molecular weight excluding hydrogens is 448 g/mol. The number of carbonyl (C=O) groups excluding carboxylic acids is 1. The van der Waals surface area contributed by atoms with Crippen LogP contribution in [0, 0.1) is 19.3 Å². The third kappa shape index (κ3) is 4.68. The van der Waals surface area contributed by atoms with Gasteiger partial charge in [0.2, 0.25) is 0 Å². The second kappa shape index (κ2) is 7.19. The van der Waals surface area contributed by atoms with Crippen molar-refractivity contribution in [2.24, 2.45) is 5.92 Å². The number of alkyl halides is 3. The van der Waals surface area contributed by atoms with Crippen LogP contribution in [0.5, 0.6) is 0 Å². The number of halogens is 4. The average Bonchev–Trinajstić information content (AvgIpc) is 2.41. The first-order chi connectivity index (χ1) is 10.7. The summed E-state index contributed by atoms with van der Waals surface area (Å²) in [7, 11) is -5.75.